The lowest BCUT2D eigenvalue weighted by Crippen LogP contribution is -2.26. The number of fused-ring (bicyclic) bond motifs is 3. The van der Waals surface area contributed by atoms with Gasteiger partial charge in [-0.1, -0.05) is 36.9 Å². The van der Waals surface area contributed by atoms with Crippen LogP contribution in [0.3, 0.4) is 0 Å². The molecule has 0 radical (unpaired) electrons. The Balaban J connectivity index is 1.39. The molecule has 0 atom stereocenters. The van der Waals surface area contributed by atoms with Gasteiger partial charge in [0.2, 0.25) is 5.91 Å². The molecular formula is C28H21N5O. The number of carbonyl (C=O) groups is 1. The van der Waals surface area contributed by atoms with Gasteiger partial charge >= 0.3 is 0 Å². The lowest BCUT2D eigenvalue weighted by molar-refractivity contribution is -0.114. The molecule has 2 aromatic heterocycles. The van der Waals surface area contributed by atoms with Crippen LogP contribution < -0.4 is 10.2 Å². The SMILES string of the molecule is C=CC(=O)N1CCc2ccc(Nc3ncnc4ccc(-c5cnc6ccccc6c5)cc34)cc21. The first-order valence-corrected chi connectivity index (χ1v) is 11.1. The average molecular weight is 444 g/mol. The van der Waals surface area contributed by atoms with Gasteiger partial charge in [-0.15, -0.1) is 0 Å². The molecule has 0 spiro atoms. The van der Waals surface area contributed by atoms with Crippen molar-refractivity contribution in [1.82, 2.24) is 15.0 Å². The van der Waals surface area contributed by atoms with Gasteiger partial charge in [0, 0.05) is 40.5 Å². The zero-order valence-electron chi connectivity index (χ0n) is 18.4. The number of benzene rings is 3. The number of hydrogen-bond acceptors (Lipinski definition) is 5. The fourth-order valence-electron chi connectivity index (χ4n) is 4.50. The number of rotatable bonds is 4. The summed E-state index contributed by atoms with van der Waals surface area (Å²) in [5.41, 5.74) is 6.82. The maximum atomic E-state index is 12.2. The molecule has 0 bridgehead atoms. The highest BCUT2D eigenvalue weighted by Crippen LogP contribution is 2.34. The number of hydrogen-bond donors (Lipinski definition) is 1. The maximum absolute atomic E-state index is 12.2. The largest absolute Gasteiger partial charge is 0.340 e. The molecule has 6 heteroatoms. The van der Waals surface area contributed by atoms with Crippen molar-refractivity contribution in [2.24, 2.45) is 0 Å². The van der Waals surface area contributed by atoms with Gasteiger partial charge in [0.25, 0.3) is 0 Å². The van der Waals surface area contributed by atoms with Crippen LogP contribution in [0.15, 0.2) is 91.9 Å². The standard InChI is InChI=1S/C28H21N5O/c1-2-27(34)33-12-11-18-7-9-22(15-26(18)33)32-28-23-14-19(8-10-25(23)30-17-31-28)21-13-20-5-3-4-6-24(20)29-16-21/h2-10,13-17H,1,11-12H2,(H,30,31,32). The Morgan fingerprint density at radius 3 is 2.76 bits per heavy atom. The van der Waals surface area contributed by atoms with E-state index < -0.39 is 0 Å². The first-order valence-electron chi connectivity index (χ1n) is 11.1. The van der Waals surface area contributed by atoms with Crippen LogP contribution >= 0.6 is 0 Å². The van der Waals surface area contributed by atoms with Gasteiger partial charge in [-0.05, 0) is 60.0 Å². The van der Waals surface area contributed by atoms with Gasteiger partial charge in [0.15, 0.2) is 0 Å². The number of carbonyl (C=O) groups excluding carboxylic acids is 1. The van der Waals surface area contributed by atoms with Crippen LogP contribution in [-0.2, 0) is 11.2 Å². The number of aromatic nitrogens is 3. The minimum atomic E-state index is -0.0861. The summed E-state index contributed by atoms with van der Waals surface area (Å²) in [6.45, 7) is 4.29. The molecule has 1 N–H and O–H groups in total. The molecule has 3 heterocycles. The van der Waals surface area contributed by atoms with Crippen molar-refractivity contribution in [2.45, 2.75) is 6.42 Å². The third-order valence-corrected chi connectivity index (χ3v) is 6.24. The molecular weight excluding hydrogens is 422 g/mol. The van der Waals surface area contributed by atoms with E-state index in [0.717, 1.165) is 56.3 Å². The van der Waals surface area contributed by atoms with Crippen LogP contribution in [-0.4, -0.2) is 27.4 Å². The fraction of sp³-hybridized carbons (Fsp3) is 0.0714. The predicted octanol–water partition coefficient (Wildman–Crippen LogP) is 5.66. The zero-order chi connectivity index (χ0) is 23.1. The average Bonchev–Trinajstić information content (AvgIpc) is 3.31. The quantitative estimate of drug-likeness (QED) is 0.363. The Labute approximate surface area is 196 Å². The number of nitrogens with one attached hydrogen (secondary N) is 1. The van der Waals surface area contributed by atoms with Gasteiger partial charge in [0.1, 0.15) is 12.1 Å². The Morgan fingerprint density at radius 2 is 1.85 bits per heavy atom. The van der Waals surface area contributed by atoms with Crippen LogP contribution in [0.25, 0.3) is 32.9 Å². The Morgan fingerprint density at radius 1 is 0.941 bits per heavy atom. The van der Waals surface area contributed by atoms with Crippen molar-refractivity contribution < 1.29 is 4.79 Å². The first kappa shape index (κ1) is 20.1. The third-order valence-electron chi connectivity index (χ3n) is 6.24. The van der Waals surface area contributed by atoms with E-state index in [1.165, 1.54) is 6.08 Å². The summed E-state index contributed by atoms with van der Waals surface area (Å²) >= 11 is 0. The summed E-state index contributed by atoms with van der Waals surface area (Å²) in [5, 5.41) is 5.44. The molecule has 6 rings (SSSR count). The van der Waals surface area contributed by atoms with Crippen molar-refractivity contribution in [3.8, 4) is 11.1 Å². The lowest BCUT2D eigenvalue weighted by Gasteiger charge is -2.16. The summed E-state index contributed by atoms with van der Waals surface area (Å²) in [7, 11) is 0. The number of amides is 1. The lowest BCUT2D eigenvalue weighted by atomic mass is 10.0. The molecule has 0 saturated heterocycles. The molecule has 0 aliphatic carbocycles. The molecule has 1 aliphatic heterocycles. The zero-order valence-corrected chi connectivity index (χ0v) is 18.4. The van der Waals surface area contributed by atoms with E-state index >= 15 is 0 Å². The maximum Gasteiger partial charge on any atom is 0.250 e. The molecule has 0 unspecified atom stereocenters. The first-order chi connectivity index (χ1) is 16.7. The molecule has 1 amide bonds. The van der Waals surface area contributed by atoms with E-state index in [9.17, 15) is 4.79 Å². The van der Waals surface area contributed by atoms with Crippen molar-refractivity contribution in [2.75, 3.05) is 16.8 Å². The van der Waals surface area contributed by atoms with E-state index in [1.807, 2.05) is 42.6 Å². The van der Waals surface area contributed by atoms with Gasteiger partial charge in [-0.2, -0.15) is 0 Å². The number of para-hydroxylation sites is 1. The number of anilines is 3. The second-order valence-electron chi connectivity index (χ2n) is 8.28. The minimum Gasteiger partial charge on any atom is -0.340 e. The Kier molecular flexibility index (Phi) is 4.77. The topological polar surface area (TPSA) is 71.0 Å². The van der Waals surface area contributed by atoms with E-state index in [2.05, 4.69) is 57.2 Å². The van der Waals surface area contributed by atoms with Crippen LogP contribution in [0.4, 0.5) is 17.2 Å². The monoisotopic (exact) mass is 443 g/mol. The highest BCUT2D eigenvalue weighted by molar-refractivity contribution is 6.03. The van der Waals surface area contributed by atoms with E-state index in [-0.39, 0.29) is 5.91 Å². The highest BCUT2D eigenvalue weighted by Gasteiger charge is 2.23. The van der Waals surface area contributed by atoms with Crippen molar-refractivity contribution in [1.29, 1.82) is 0 Å². The number of pyridine rings is 1. The van der Waals surface area contributed by atoms with Crippen molar-refractivity contribution >= 4 is 44.9 Å². The second kappa shape index (κ2) is 8.08. The van der Waals surface area contributed by atoms with Gasteiger partial charge in [0.05, 0.1) is 11.0 Å². The molecule has 1 aliphatic rings. The smallest absolute Gasteiger partial charge is 0.250 e. The highest BCUT2D eigenvalue weighted by atomic mass is 16.2. The summed E-state index contributed by atoms with van der Waals surface area (Å²) in [6.07, 6.45) is 5.65. The second-order valence-corrected chi connectivity index (χ2v) is 8.28. The van der Waals surface area contributed by atoms with Crippen LogP contribution in [0.1, 0.15) is 5.56 Å². The third kappa shape index (κ3) is 3.46. The molecule has 0 saturated carbocycles. The van der Waals surface area contributed by atoms with E-state index in [0.29, 0.717) is 12.4 Å². The summed E-state index contributed by atoms with van der Waals surface area (Å²) in [6, 6.07) is 22.4. The summed E-state index contributed by atoms with van der Waals surface area (Å²) < 4.78 is 0. The van der Waals surface area contributed by atoms with Crippen molar-refractivity contribution in [3.63, 3.8) is 0 Å². The fourth-order valence-corrected chi connectivity index (χ4v) is 4.50. The Bertz CT molecular complexity index is 1590. The van der Waals surface area contributed by atoms with Crippen LogP contribution in [0, 0.1) is 0 Å². The molecule has 6 nitrogen and oxygen atoms in total. The Hall–Kier alpha value is -4.58. The normalized spacial score (nSPS) is 12.6. The van der Waals surface area contributed by atoms with E-state index in [1.54, 1.807) is 11.2 Å². The molecule has 164 valence electrons. The van der Waals surface area contributed by atoms with E-state index in [4.69, 9.17) is 0 Å². The minimum absolute atomic E-state index is 0.0861. The van der Waals surface area contributed by atoms with Gasteiger partial charge in [-0.25, -0.2) is 9.97 Å². The van der Waals surface area contributed by atoms with Crippen LogP contribution in [0.2, 0.25) is 0 Å². The molecule has 3 aromatic carbocycles. The summed E-state index contributed by atoms with van der Waals surface area (Å²) in [5.74, 6) is 0.622. The predicted molar refractivity (Wildman–Crippen MR) is 136 cm³/mol. The van der Waals surface area contributed by atoms with Crippen LogP contribution in [0.5, 0.6) is 0 Å². The number of nitrogens with zero attached hydrogens (tertiary/aromatic N) is 4. The van der Waals surface area contributed by atoms with Gasteiger partial charge in [-0.3, -0.25) is 9.78 Å². The van der Waals surface area contributed by atoms with Gasteiger partial charge < -0.3 is 10.2 Å². The van der Waals surface area contributed by atoms with Crippen molar-refractivity contribution in [3.05, 3.63) is 97.5 Å². The molecule has 5 aromatic rings. The summed E-state index contributed by atoms with van der Waals surface area (Å²) in [4.78, 5) is 27.6. The molecule has 34 heavy (non-hydrogen) atoms. The molecule has 0 fully saturated rings.